The Morgan fingerprint density at radius 2 is 2.00 bits per heavy atom. The van der Waals surface area contributed by atoms with E-state index >= 15 is 0 Å². The zero-order valence-corrected chi connectivity index (χ0v) is 18.9. The summed E-state index contributed by atoms with van der Waals surface area (Å²) in [6.45, 7) is 3.99. The summed E-state index contributed by atoms with van der Waals surface area (Å²) >= 11 is 6.71. The molecule has 2 aromatic rings. The van der Waals surface area contributed by atoms with Gasteiger partial charge >= 0.3 is 46.7 Å². The zero-order valence-electron chi connectivity index (χ0n) is 15.3. The molecule has 0 atom stereocenters. The number of aliphatic imine (C=N–C) groups is 1. The zero-order chi connectivity index (χ0) is 20.1. The van der Waals surface area contributed by atoms with Crippen molar-refractivity contribution in [3.63, 3.8) is 0 Å². The molecule has 0 fully saturated rings. The van der Waals surface area contributed by atoms with E-state index in [-0.39, 0.29) is 16.5 Å². The van der Waals surface area contributed by atoms with E-state index in [2.05, 4.69) is 27.4 Å². The molecule has 7 nitrogen and oxygen atoms in total. The van der Waals surface area contributed by atoms with Crippen molar-refractivity contribution < 1.29 is 4.92 Å². The van der Waals surface area contributed by atoms with Crippen molar-refractivity contribution in [2.45, 2.75) is 31.1 Å². The molecule has 0 bridgehead atoms. The average Bonchev–Trinajstić information content (AvgIpc) is 2.68. The van der Waals surface area contributed by atoms with E-state index < -0.39 is 4.92 Å². The summed E-state index contributed by atoms with van der Waals surface area (Å²) in [6.07, 6.45) is 4.45. The van der Waals surface area contributed by atoms with Gasteiger partial charge in [0.15, 0.2) is 0 Å². The fraction of sp³-hybridized carbons (Fsp3) is 0.278. The van der Waals surface area contributed by atoms with Crippen LogP contribution in [-0.4, -0.2) is 43.3 Å². The van der Waals surface area contributed by atoms with Crippen molar-refractivity contribution in [2.24, 2.45) is 10.1 Å². The fourth-order valence-electron chi connectivity index (χ4n) is 1.79. The Morgan fingerprint density at radius 3 is 2.56 bits per heavy atom. The van der Waals surface area contributed by atoms with Gasteiger partial charge in [-0.2, -0.15) is 5.10 Å². The first-order valence-corrected chi connectivity index (χ1v) is 10.8. The summed E-state index contributed by atoms with van der Waals surface area (Å²) in [4.78, 5) is 18.5. The number of unbranched alkanes of at least 4 members (excludes halogenated alkanes) is 1. The Bertz CT molecular complexity index is 782. The quantitative estimate of drug-likeness (QED) is 0.166. The Morgan fingerprint density at radius 1 is 1.30 bits per heavy atom. The molecule has 0 amide bonds. The van der Waals surface area contributed by atoms with Gasteiger partial charge in [0.25, 0.3) is 5.69 Å². The first-order chi connectivity index (χ1) is 13.0. The molecule has 138 valence electrons. The van der Waals surface area contributed by atoms with Gasteiger partial charge in [-0.05, 0) is 25.1 Å². The minimum atomic E-state index is -0.510. The van der Waals surface area contributed by atoms with Gasteiger partial charge in [-0.3, -0.25) is 25.5 Å². The van der Waals surface area contributed by atoms with Crippen LogP contribution in [0.5, 0.6) is 0 Å². The number of benzene rings is 1. The first-order valence-electron chi connectivity index (χ1n) is 8.35. The molecule has 1 N–H and O–H groups in total. The van der Waals surface area contributed by atoms with E-state index in [0.29, 0.717) is 11.4 Å². The van der Waals surface area contributed by atoms with Crippen molar-refractivity contribution in [3.8, 4) is 0 Å². The number of hydrogen-bond donors (Lipinski definition) is 1. The van der Waals surface area contributed by atoms with Gasteiger partial charge in [0.05, 0.1) is 16.3 Å². The van der Waals surface area contributed by atoms with Crippen LogP contribution in [0.15, 0.2) is 58.8 Å². The number of hydrazone groups is 1. The van der Waals surface area contributed by atoms with Crippen molar-refractivity contribution in [1.29, 1.82) is 0 Å². The summed E-state index contributed by atoms with van der Waals surface area (Å²) in [5, 5.41) is 15.0. The SMILES string of the molecule is C/C(=N\NC([S-])=Nc1ccccc1[N+](=O)[O-])c1ccccn1.CCC[CH2][Sn+3]. The summed E-state index contributed by atoms with van der Waals surface area (Å²) in [5.41, 5.74) is 3.97. The van der Waals surface area contributed by atoms with E-state index in [1.165, 1.54) is 29.4 Å². The topological polar surface area (TPSA) is 92.8 Å². The van der Waals surface area contributed by atoms with E-state index in [1.807, 2.05) is 12.1 Å². The van der Waals surface area contributed by atoms with Crippen molar-refractivity contribution in [3.05, 3.63) is 64.5 Å². The summed E-state index contributed by atoms with van der Waals surface area (Å²) in [5.74, 6) is 0. The normalized spacial score (nSPS) is 11.4. The second-order valence-electron chi connectivity index (χ2n) is 5.29. The molecule has 9 heteroatoms. The van der Waals surface area contributed by atoms with Crippen molar-refractivity contribution in [2.75, 3.05) is 0 Å². The molecule has 0 unspecified atom stereocenters. The Balaban J connectivity index is 0.000000646. The van der Waals surface area contributed by atoms with E-state index in [0.717, 1.165) is 0 Å². The molecule has 0 saturated heterocycles. The Kier molecular flexibility index (Phi) is 11.2. The number of hydrogen-bond acceptors (Lipinski definition) is 6. The van der Waals surface area contributed by atoms with Crippen LogP contribution in [0.3, 0.4) is 0 Å². The second kappa shape index (κ2) is 13.2. The number of rotatable bonds is 6. The molecule has 0 aliphatic rings. The third-order valence-corrected chi connectivity index (χ3v) is 4.38. The standard InChI is InChI=1S/C14H13N5O2S.C4H9.Sn/c1-10(11-6-4-5-9-15-11)17-18-14(22)16-12-7-2-3-8-13(12)19(20)21;1-3-4-2;/h2-9H,1H3,(H2,16,18,22);1,3-4H2,2H3;/q;;+3/p-1/b17-10+;;. The molecule has 27 heavy (non-hydrogen) atoms. The summed E-state index contributed by atoms with van der Waals surface area (Å²) in [6, 6.07) is 11.6. The summed E-state index contributed by atoms with van der Waals surface area (Å²) in [7, 11) is 0. The van der Waals surface area contributed by atoms with Gasteiger partial charge in [-0.25, -0.2) is 0 Å². The molecule has 1 aromatic carbocycles. The molecule has 0 aliphatic carbocycles. The van der Waals surface area contributed by atoms with Crippen LogP contribution in [0.25, 0.3) is 0 Å². The molecule has 0 spiro atoms. The number of amidine groups is 1. The van der Waals surface area contributed by atoms with Crippen LogP contribution in [0.4, 0.5) is 11.4 Å². The van der Waals surface area contributed by atoms with Crippen LogP contribution < -0.4 is 5.43 Å². The molecule has 0 saturated carbocycles. The van der Waals surface area contributed by atoms with E-state index in [9.17, 15) is 10.1 Å². The van der Waals surface area contributed by atoms with Gasteiger partial charge in [0.1, 0.15) is 5.69 Å². The average molecular weight is 490 g/mol. The monoisotopic (exact) mass is 491 g/mol. The van der Waals surface area contributed by atoms with Crippen LogP contribution in [0.2, 0.25) is 4.44 Å². The molecule has 1 heterocycles. The minimum absolute atomic E-state index is 0.0320. The maximum absolute atomic E-state index is 10.9. The van der Waals surface area contributed by atoms with Gasteiger partial charge in [0, 0.05) is 17.4 Å². The van der Waals surface area contributed by atoms with Crippen LogP contribution in [0.1, 0.15) is 32.4 Å². The fourth-order valence-corrected chi connectivity index (χ4v) is 2.94. The molecule has 2 rings (SSSR count). The van der Waals surface area contributed by atoms with Crippen LogP contribution >= 0.6 is 0 Å². The number of pyridine rings is 1. The first kappa shape index (κ1) is 23.0. The maximum atomic E-state index is 10.9. The molecule has 0 radical (unpaired) electrons. The molecular weight excluding hydrogens is 469 g/mol. The van der Waals surface area contributed by atoms with Gasteiger partial charge in [-0.1, -0.05) is 18.2 Å². The number of para-hydroxylation sites is 2. The van der Waals surface area contributed by atoms with E-state index in [4.69, 9.17) is 12.6 Å². The van der Waals surface area contributed by atoms with Gasteiger partial charge in [-0.15, -0.1) is 0 Å². The predicted molar refractivity (Wildman–Crippen MR) is 113 cm³/mol. The van der Waals surface area contributed by atoms with Crippen LogP contribution in [-0.2, 0) is 12.6 Å². The van der Waals surface area contributed by atoms with Crippen molar-refractivity contribution in [1.82, 2.24) is 10.4 Å². The Labute approximate surface area is 178 Å². The van der Waals surface area contributed by atoms with Crippen LogP contribution in [0, 0.1) is 10.1 Å². The second-order valence-corrected chi connectivity index (χ2v) is 7.10. The molecular formula is C18H21N5O2SSn+2. The Hall–Kier alpha value is -2.07. The van der Waals surface area contributed by atoms with Gasteiger partial charge < -0.3 is 12.6 Å². The summed E-state index contributed by atoms with van der Waals surface area (Å²) < 4.78 is 1.43. The van der Waals surface area contributed by atoms with E-state index in [1.54, 1.807) is 53.8 Å². The van der Waals surface area contributed by atoms with Gasteiger partial charge in [0.2, 0.25) is 0 Å². The molecule has 0 aliphatic heterocycles. The third kappa shape index (κ3) is 8.91. The molecule has 1 aromatic heterocycles. The number of nitrogens with one attached hydrogen (secondary N) is 1. The number of aromatic nitrogens is 1. The predicted octanol–water partition coefficient (Wildman–Crippen LogP) is 3.91. The third-order valence-electron chi connectivity index (χ3n) is 3.19. The van der Waals surface area contributed by atoms with Crippen molar-refractivity contribution >= 4 is 57.4 Å². The number of nitrogens with zero attached hydrogens (tertiary/aromatic N) is 4. The number of nitro groups is 1. The number of nitro benzene ring substituents is 1.